The minimum absolute atomic E-state index is 0.0558. The molecule has 3 amide bonds. The maximum Gasteiger partial charge on any atom is 0.338 e. The van der Waals surface area contributed by atoms with Crippen LogP contribution >= 0.6 is 0 Å². The molecule has 0 aromatic heterocycles. The molecule has 0 spiro atoms. The normalized spacial score (nSPS) is 11.2. The number of esters is 1. The number of hydrogen-bond acceptors (Lipinski definition) is 5. The molecule has 0 fully saturated rings. The molecule has 2 rings (SSSR count). The van der Waals surface area contributed by atoms with Crippen LogP contribution in [0.3, 0.4) is 0 Å². The zero-order chi connectivity index (χ0) is 20.4. The molecule has 2 N–H and O–H groups in total. The highest BCUT2D eigenvalue weighted by Crippen LogP contribution is 2.12. The predicted molar refractivity (Wildman–Crippen MR) is 104 cm³/mol. The summed E-state index contributed by atoms with van der Waals surface area (Å²) in [7, 11) is 0. The van der Waals surface area contributed by atoms with Gasteiger partial charge in [0.25, 0.3) is 5.91 Å². The topological polar surface area (TPSA) is 93.7 Å². The quantitative estimate of drug-likeness (QED) is 0.682. The van der Waals surface area contributed by atoms with Crippen molar-refractivity contribution in [2.24, 2.45) is 0 Å². The summed E-state index contributed by atoms with van der Waals surface area (Å²) in [6.45, 7) is 3.56. The molecule has 28 heavy (non-hydrogen) atoms. The highest BCUT2D eigenvalue weighted by atomic mass is 16.5. The third-order valence-electron chi connectivity index (χ3n) is 3.92. The second-order valence-electron chi connectivity index (χ2n) is 6.21. The van der Waals surface area contributed by atoms with Gasteiger partial charge in [0.05, 0.1) is 5.56 Å². The van der Waals surface area contributed by atoms with Crippen LogP contribution in [0.4, 0.5) is 4.79 Å². The molecule has 2 aromatic carbocycles. The van der Waals surface area contributed by atoms with Crippen molar-refractivity contribution in [3.8, 4) is 5.75 Å². The van der Waals surface area contributed by atoms with Crippen LogP contribution in [-0.2, 0) is 16.1 Å². The number of benzene rings is 2. The average Bonchev–Trinajstić information content (AvgIpc) is 2.71. The number of amides is 3. The summed E-state index contributed by atoms with van der Waals surface area (Å²) >= 11 is 0. The molecule has 2 aromatic rings. The van der Waals surface area contributed by atoms with Gasteiger partial charge in [-0.3, -0.25) is 10.1 Å². The van der Waals surface area contributed by atoms with E-state index in [9.17, 15) is 14.4 Å². The zero-order valence-electron chi connectivity index (χ0n) is 15.9. The zero-order valence-corrected chi connectivity index (χ0v) is 15.9. The molecule has 0 unspecified atom stereocenters. The van der Waals surface area contributed by atoms with E-state index in [1.165, 1.54) is 0 Å². The molecule has 0 aliphatic carbocycles. The predicted octanol–water partition coefficient (Wildman–Crippen LogP) is 3.05. The third-order valence-corrected chi connectivity index (χ3v) is 3.92. The Morgan fingerprint density at radius 1 is 1.00 bits per heavy atom. The van der Waals surface area contributed by atoms with E-state index >= 15 is 0 Å². The van der Waals surface area contributed by atoms with E-state index in [1.807, 2.05) is 44.2 Å². The maximum atomic E-state index is 12.0. The lowest BCUT2D eigenvalue weighted by Gasteiger charge is -2.12. The Hall–Kier alpha value is -3.35. The lowest BCUT2D eigenvalue weighted by molar-refractivity contribution is -0.123. The largest absolute Gasteiger partial charge is 0.489 e. The van der Waals surface area contributed by atoms with Gasteiger partial charge in [-0.1, -0.05) is 37.3 Å². The summed E-state index contributed by atoms with van der Waals surface area (Å²) in [6, 6.07) is 15.4. The Labute approximate surface area is 164 Å². The van der Waals surface area contributed by atoms with Gasteiger partial charge in [0.2, 0.25) is 0 Å². The Morgan fingerprint density at radius 3 is 2.32 bits per heavy atom. The number of ether oxygens (including phenoxy) is 2. The molecule has 148 valence electrons. The first-order valence-electron chi connectivity index (χ1n) is 9.02. The number of para-hydroxylation sites is 1. The van der Waals surface area contributed by atoms with E-state index < -0.39 is 24.5 Å². The van der Waals surface area contributed by atoms with Gasteiger partial charge in [-0.2, -0.15) is 0 Å². The van der Waals surface area contributed by atoms with Crippen LogP contribution in [0.5, 0.6) is 5.75 Å². The lowest BCUT2D eigenvalue weighted by atomic mass is 10.1. The van der Waals surface area contributed by atoms with Crippen LogP contribution in [0.25, 0.3) is 0 Å². The Balaban J connectivity index is 1.76. The molecule has 0 saturated heterocycles. The van der Waals surface area contributed by atoms with E-state index in [4.69, 9.17) is 9.47 Å². The summed E-state index contributed by atoms with van der Waals surface area (Å²) in [5, 5.41) is 4.70. The van der Waals surface area contributed by atoms with Crippen LogP contribution in [0.1, 0.15) is 36.2 Å². The van der Waals surface area contributed by atoms with Crippen molar-refractivity contribution in [2.75, 3.05) is 6.61 Å². The van der Waals surface area contributed by atoms with Crippen LogP contribution in [0.2, 0.25) is 0 Å². The first-order chi connectivity index (χ1) is 13.5. The Bertz CT molecular complexity index is 790. The molecular weight excluding hydrogens is 360 g/mol. The SMILES string of the molecule is CC[C@H](C)NC(=O)NC(=O)COC(=O)c1ccc(COc2ccccc2)cc1. The monoisotopic (exact) mass is 384 g/mol. The van der Waals surface area contributed by atoms with Crippen LogP contribution < -0.4 is 15.4 Å². The molecule has 0 bridgehead atoms. The van der Waals surface area contributed by atoms with Gasteiger partial charge in [0.15, 0.2) is 6.61 Å². The van der Waals surface area contributed by atoms with Gasteiger partial charge >= 0.3 is 12.0 Å². The van der Waals surface area contributed by atoms with Gasteiger partial charge in [0, 0.05) is 6.04 Å². The second kappa shape index (κ2) is 10.7. The molecular formula is C21H24N2O5. The van der Waals surface area contributed by atoms with E-state index in [0.29, 0.717) is 12.2 Å². The van der Waals surface area contributed by atoms with Crippen molar-refractivity contribution in [3.05, 3.63) is 65.7 Å². The number of rotatable bonds is 8. The summed E-state index contributed by atoms with van der Waals surface area (Å²) < 4.78 is 10.6. The number of carbonyl (C=O) groups excluding carboxylic acids is 3. The van der Waals surface area contributed by atoms with E-state index in [0.717, 1.165) is 17.7 Å². The van der Waals surface area contributed by atoms with Crippen molar-refractivity contribution in [3.63, 3.8) is 0 Å². The van der Waals surface area contributed by atoms with Crippen molar-refractivity contribution in [1.29, 1.82) is 0 Å². The molecule has 0 radical (unpaired) electrons. The van der Waals surface area contributed by atoms with E-state index in [2.05, 4.69) is 10.6 Å². The number of imide groups is 1. The number of hydrogen-bond donors (Lipinski definition) is 2. The van der Waals surface area contributed by atoms with Gasteiger partial charge in [-0.05, 0) is 43.2 Å². The molecule has 0 heterocycles. The van der Waals surface area contributed by atoms with Crippen molar-refractivity contribution in [1.82, 2.24) is 10.6 Å². The number of nitrogens with one attached hydrogen (secondary N) is 2. The van der Waals surface area contributed by atoms with Gasteiger partial charge in [0.1, 0.15) is 12.4 Å². The van der Waals surface area contributed by atoms with Crippen molar-refractivity contribution >= 4 is 17.9 Å². The van der Waals surface area contributed by atoms with Crippen LogP contribution in [0.15, 0.2) is 54.6 Å². The smallest absolute Gasteiger partial charge is 0.338 e. The molecule has 0 aliphatic rings. The fraction of sp³-hybridized carbons (Fsp3) is 0.286. The van der Waals surface area contributed by atoms with E-state index in [1.54, 1.807) is 24.3 Å². The van der Waals surface area contributed by atoms with Gasteiger partial charge < -0.3 is 14.8 Å². The summed E-state index contributed by atoms with van der Waals surface area (Å²) in [5.74, 6) is -0.579. The maximum absolute atomic E-state index is 12.0. The van der Waals surface area contributed by atoms with Crippen LogP contribution in [-0.4, -0.2) is 30.6 Å². The minimum Gasteiger partial charge on any atom is -0.489 e. The Kier molecular flexibility index (Phi) is 8.02. The summed E-state index contributed by atoms with van der Waals surface area (Å²) in [4.78, 5) is 35.2. The van der Waals surface area contributed by atoms with Gasteiger partial charge in [-0.25, -0.2) is 9.59 Å². The second-order valence-corrected chi connectivity index (χ2v) is 6.21. The van der Waals surface area contributed by atoms with Crippen LogP contribution in [0, 0.1) is 0 Å². The van der Waals surface area contributed by atoms with Crippen molar-refractivity contribution < 1.29 is 23.9 Å². The molecule has 0 saturated carbocycles. The minimum atomic E-state index is -0.693. The first-order valence-corrected chi connectivity index (χ1v) is 9.02. The molecule has 0 aliphatic heterocycles. The lowest BCUT2D eigenvalue weighted by Crippen LogP contribution is -2.44. The first kappa shape index (κ1) is 21.0. The molecule has 1 atom stereocenters. The number of urea groups is 1. The van der Waals surface area contributed by atoms with E-state index in [-0.39, 0.29) is 6.04 Å². The highest BCUT2D eigenvalue weighted by Gasteiger charge is 2.13. The average molecular weight is 384 g/mol. The summed E-state index contributed by atoms with van der Waals surface area (Å²) in [6.07, 6.45) is 0.739. The molecule has 7 heteroatoms. The van der Waals surface area contributed by atoms with Crippen molar-refractivity contribution in [2.45, 2.75) is 32.9 Å². The fourth-order valence-corrected chi connectivity index (χ4v) is 2.16. The summed E-state index contributed by atoms with van der Waals surface area (Å²) in [5.41, 5.74) is 1.19. The highest BCUT2D eigenvalue weighted by molar-refractivity contribution is 5.97. The molecule has 7 nitrogen and oxygen atoms in total. The number of carbonyl (C=O) groups is 3. The fourth-order valence-electron chi connectivity index (χ4n) is 2.16. The Morgan fingerprint density at radius 2 is 1.68 bits per heavy atom. The third kappa shape index (κ3) is 7.11. The standard InChI is InChI=1S/C21H24N2O5/c1-3-15(2)22-21(26)23-19(24)14-28-20(25)17-11-9-16(10-12-17)13-27-18-7-5-4-6-8-18/h4-12,15H,3,13-14H2,1-2H3,(H2,22,23,24,26)/t15-/m0/s1. The van der Waals surface area contributed by atoms with Gasteiger partial charge in [-0.15, -0.1) is 0 Å².